The SMILES string of the molecule is C.C=C(C)C(=O)O.C=C(C)C(=O)OCCCC[Si](C)(C)O.C[Si]1(C)CCCCO1.O.O=S(=O)(O)O. The lowest BCUT2D eigenvalue weighted by Crippen LogP contribution is -2.33. The summed E-state index contributed by atoms with van der Waals surface area (Å²) in [7, 11) is -7.67. The Morgan fingerprint density at radius 3 is 1.71 bits per heavy atom. The molecule has 0 amide bonds. The lowest BCUT2D eigenvalue weighted by Gasteiger charge is -2.27. The van der Waals surface area contributed by atoms with E-state index in [9.17, 15) is 14.4 Å². The summed E-state index contributed by atoms with van der Waals surface area (Å²) in [5, 5.41) is 7.89. The predicted molar refractivity (Wildman–Crippen MR) is 144 cm³/mol. The number of esters is 1. The van der Waals surface area contributed by atoms with Crippen molar-refractivity contribution in [1.82, 2.24) is 0 Å². The minimum atomic E-state index is -4.67. The number of rotatable bonds is 7. The Balaban J connectivity index is -0.000000122. The fraction of sp³-hybridized carbons (Fsp3) is 0.714. The van der Waals surface area contributed by atoms with Gasteiger partial charge in [-0.15, -0.1) is 0 Å². The topological polar surface area (TPSA) is 199 Å². The molecule has 1 aliphatic heterocycles. The van der Waals surface area contributed by atoms with Crippen molar-refractivity contribution in [3.63, 3.8) is 0 Å². The quantitative estimate of drug-likeness (QED) is 0.116. The van der Waals surface area contributed by atoms with E-state index in [0.717, 1.165) is 25.5 Å². The third-order valence-corrected chi connectivity index (χ3v) is 7.92. The molecule has 0 atom stereocenters. The minimum Gasteiger partial charge on any atom is -0.478 e. The van der Waals surface area contributed by atoms with Crippen LogP contribution in [0.5, 0.6) is 0 Å². The van der Waals surface area contributed by atoms with Crippen LogP contribution in [0.1, 0.15) is 47.0 Å². The molecule has 35 heavy (non-hydrogen) atoms. The van der Waals surface area contributed by atoms with Crippen LogP contribution in [0.3, 0.4) is 0 Å². The van der Waals surface area contributed by atoms with E-state index in [1.165, 1.54) is 25.8 Å². The molecular formula is C21H48O11SSi2. The molecule has 1 rings (SSSR count). The number of carboxylic acids is 1. The first-order chi connectivity index (χ1) is 14.7. The number of carbonyl (C=O) groups excluding carboxylic acids is 1. The molecule has 14 heteroatoms. The van der Waals surface area contributed by atoms with Crippen molar-refractivity contribution in [2.45, 2.75) is 85.2 Å². The number of carbonyl (C=O) groups is 2. The van der Waals surface area contributed by atoms with Gasteiger partial charge in [-0.2, -0.15) is 8.42 Å². The summed E-state index contributed by atoms with van der Waals surface area (Å²) < 4.78 is 42.1. The zero-order valence-electron chi connectivity index (χ0n) is 21.2. The normalized spacial score (nSPS) is 13.7. The van der Waals surface area contributed by atoms with Gasteiger partial charge in [0, 0.05) is 17.8 Å². The summed E-state index contributed by atoms with van der Waals surface area (Å²) in [4.78, 5) is 30.1. The third-order valence-electron chi connectivity index (χ3n) is 3.80. The molecule has 0 aromatic rings. The standard InChI is InChI=1S/C10H20O3Si.C6H14OSi.C4H6O2.CH4.H2O4S.H2O/c1-9(2)10(11)13-7-5-6-8-14(3,4)12;1-8(2)6-4-3-5-7-8;1-3(2)4(5)6;;1-5(2,3)4;/h12H,1,5-8H2,2-4H3;3-6H2,1-2H3;1H2,2H3,(H,5,6);1H4;(H2,1,2,3,4);1H2. The van der Waals surface area contributed by atoms with Crippen molar-refractivity contribution < 1.29 is 51.7 Å². The number of carboxylic acid groups (broad SMARTS) is 1. The second-order valence-corrected chi connectivity index (χ2v) is 18.1. The highest BCUT2D eigenvalue weighted by Gasteiger charge is 2.24. The molecule has 1 aliphatic rings. The lowest BCUT2D eigenvalue weighted by molar-refractivity contribution is -0.139. The molecule has 0 aromatic carbocycles. The molecule has 212 valence electrons. The molecule has 11 nitrogen and oxygen atoms in total. The Kier molecular flexibility index (Phi) is 27.3. The number of hydrogen-bond acceptors (Lipinski definition) is 7. The maximum absolute atomic E-state index is 10.9. The van der Waals surface area contributed by atoms with Gasteiger partial charge in [-0.25, -0.2) is 9.59 Å². The van der Waals surface area contributed by atoms with E-state index in [-0.39, 0.29) is 24.4 Å². The highest BCUT2D eigenvalue weighted by molar-refractivity contribution is 7.79. The van der Waals surface area contributed by atoms with Crippen LogP contribution in [-0.4, -0.2) is 74.7 Å². The summed E-state index contributed by atoms with van der Waals surface area (Å²) >= 11 is 0. The summed E-state index contributed by atoms with van der Waals surface area (Å²) in [6, 6.07) is 2.23. The molecule has 1 saturated heterocycles. The van der Waals surface area contributed by atoms with Gasteiger partial charge in [-0.1, -0.05) is 33.4 Å². The highest BCUT2D eigenvalue weighted by atomic mass is 32.3. The molecule has 0 aliphatic carbocycles. The fourth-order valence-electron chi connectivity index (χ4n) is 2.02. The van der Waals surface area contributed by atoms with E-state index in [1.807, 2.05) is 13.1 Å². The van der Waals surface area contributed by atoms with Gasteiger partial charge in [0.15, 0.2) is 16.6 Å². The average Bonchev–Trinajstić information content (AvgIpc) is 2.59. The zero-order chi connectivity index (χ0) is 26.9. The molecule has 0 saturated carbocycles. The smallest absolute Gasteiger partial charge is 0.394 e. The highest BCUT2D eigenvalue weighted by Crippen LogP contribution is 2.20. The maximum Gasteiger partial charge on any atom is 0.394 e. The van der Waals surface area contributed by atoms with Gasteiger partial charge in [0.2, 0.25) is 0 Å². The van der Waals surface area contributed by atoms with Gasteiger partial charge in [0.1, 0.15) is 0 Å². The van der Waals surface area contributed by atoms with Crippen LogP contribution in [0, 0.1) is 0 Å². The van der Waals surface area contributed by atoms with E-state index >= 15 is 0 Å². The van der Waals surface area contributed by atoms with Gasteiger partial charge in [-0.05, 0) is 65.0 Å². The summed E-state index contributed by atoms with van der Waals surface area (Å²) in [6.07, 6.45) is 4.42. The molecule has 0 radical (unpaired) electrons. The van der Waals surface area contributed by atoms with Crippen LogP contribution in [0.2, 0.25) is 38.3 Å². The van der Waals surface area contributed by atoms with Crippen molar-refractivity contribution in [3.05, 3.63) is 24.3 Å². The van der Waals surface area contributed by atoms with E-state index < -0.39 is 33.0 Å². The predicted octanol–water partition coefficient (Wildman–Crippen LogP) is 3.89. The van der Waals surface area contributed by atoms with E-state index in [1.54, 1.807) is 6.92 Å². The third kappa shape index (κ3) is 46.6. The monoisotopic (exact) mass is 564 g/mol. The van der Waals surface area contributed by atoms with Crippen molar-refractivity contribution >= 4 is 39.0 Å². The van der Waals surface area contributed by atoms with E-state index in [2.05, 4.69) is 26.3 Å². The van der Waals surface area contributed by atoms with Crippen LogP contribution >= 0.6 is 0 Å². The summed E-state index contributed by atoms with van der Waals surface area (Å²) in [6.45, 7) is 19.6. The molecule has 0 unspecified atom stereocenters. The van der Waals surface area contributed by atoms with Gasteiger partial charge < -0.3 is 24.5 Å². The number of aliphatic carboxylic acids is 1. The maximum atomic E-state index is 10.9. The molecule has 6 N–H and O–H groups in total. The van der Waals surface area contributed by atoms with Gasteiger partial charge >= 0.3 is 22.3 Å². The Hall–Kier alpha value is -1.40. The van der Waals surface area contributed by atoms with E-state index in [4.69, 9.17) is 31.8 Å². The number of unbranched alkanes of at least 4 members (excludes halogenated alkanes) is 1. The Morgan fingerprint density at radius 2 is 1.49 bits per heavy atom. The number of ether oxygens (including phenoxy) is 1. The first kappa shape index (κ1) is 43.7. The van der Waals surface area contributed by atoms with Crippen molar-refractivity contribution in [2.24, 2.45) is 0 Å². The molecule has 0 bridgehead atoms. The van der Waals surface area contributed by atoms with Gasteiger partial charge in [0.05, 0.1) is 6.61 Å². The van der Waals surface area contributed by atoms with E-state index in [0.29, 0.717) is 12.2 Å². The van der Waals surface area contributed by atoms with Crippen LogP contribution in [-0.2, 0) is 29.2 Å². The van der Waals surface area contributed by atoms with Crippen molar-refractivity contribution in [1.29, 1.82) is 0 Å². The van der Waals surface area contributed by atoms with Crippen LogP contribution in [0.4, 0.5) is 0 Å². The second kappa shape index (κ2) is 21.9. The largest absolute Gasteiger partial charge is 0.478 e. The second-order valence-electron chi connectivity index (χ2n) is 8.78. The molecule has 1 heterocycles. The molecule has 0 spiro atoms. The minimum absolute atomic E-state index is 0. The van der Waals surface area contributed by atoms with Crippen molar-refractivity contribution in [2.75, 3.05) is 13.2 Å². The molecule has 1 fully saturated rings. The summed E-state index contributed by atoms with van der Waals surface area (Å²) in [5.74, 6) is -1.26. The van der Waals surface area contributed by atoms with Crippen LogP contribution in [0.15, 0.2) is 24.3 Å². The first-order valence-electron chi connectivity index (χ1n) is 10.5. The van der Waals surface area contributed by atoms with Crippen LogP contribution < -0.4 is 0 Å². The Morgan fingerprint density at radius 1 is 1.06 bits per heavy atom. The summed E-state index contributed by atoms with van der Waals surface area (Å²) in [5.41, 5.74) is 0.608. The lowest BCUT2D eigenvalue weighted by atomic mass is 10.3. The first-order valence-corrected chi connectivity index (χ1v) is 18.1. The average molecular weight is 565 g/mol. The van der Waals surface area contributed by atoms with Gasteiger partial charge in [-0.3, -0.25) is 9.11 Å². The Bertz CT molecular complexity index is 687. The fourth-order valence-corrected chi connectivity index (χ4v) is 5.08. The van der Waals surface area contributed by atoms with Crippen LogP contribution in [0.25, 0.3) is 0 Å². The Labute approximate surface area is 213 Å². The number of hydrogen-bond donors (Lipinski definition) is 4. The molecule has 0 aromatic heterocycles. The van der Waals surface area contributed by atoms with Gasteiger partial charge in [0.25, 0.3) is 0 Å². The zero-order valence-corrected chi connectivity index (χ0v) is 24.0. The van der Waals surface area contributed by atoms with Crippen molar-refractivity contribution in [3.8, 4) is 0 Å². The molecular weight excluding hydrogens is 516 g/mol.